The summed E-state index contributed by atoms with van der Waals surface area (Å²) in [5, 5.41) is 7.54. The summed E-state index contributed by atoms with van der Waals surface area (Å²) in [6, 6.07) is 5.44. The highest BCUT2D eigenvalue weighted by atomic mass is 35.5. The van der Waals surface area contributed by atoms with Crippen molar-refractivity contribution in [1.29, 1.82) is 0 Å². The molecule has 0 aliphatic carbocycles. The first-order chi connectivity index (χ1) is 10.6. The van der Waals surface area contributed by atoms with Gasteiger partial charge in [-0.15, -0.1) is 12.4 Å². The lowest BCUT2D eigenvalue weighted by Crippen LogP contribution is -2.50. The Morgan fingerprint density at radius 2 is 1.87 bits per heavy atom. The van der Waals surface area contributed by atoms with Crippen molar-refractivity contribution >= 4 is 41.5 Å². The zero-order chi connectivity index (χ0) is 16.0. The molecule has 4 nitrogen and oxygen atoms in total. The highest BCUT2D eigenvalue weighted by Crippen LogP contribution is 2.29. The molecule has 0 bridgehead atoms. The molecule has 1 aliphatic rings. The number of hydrogen-bond acceptors (Lipinski definition) is 3. The summed E-state index contributed by atoms with van der Waals surface area (Å²) in [6.07, 6.45) is 2.30. The molecule has 1 aromatic carbocycles. The molecule has 1 amide bonds. The second-order valence-electron chi connectivity index (χ2n) is 5.75. The Morgan fingerprint density at radius 3 is 2.43 bits per heavy atom. The maximum Gasteiger partial charge on any atom is 0.228 e. The molecular formula is C16H23Cl3N2O2. The van der Waals surface area contributed by atoms with Crippen molar-refractivity contribution in [3.8, 4) is 0 Å². The first-order valence-corrected chi connectivity index (χ1v) is 8.24. The van der Waals surface area contributed by atoms with Gasteiger partial charge in [-0.1, -0.05) is 23.2 Å². The topological polar surface area (TPSA) is 50.4 Å². The zero-order valence-corrected chi connectivity index (χ0v) is 15.5. The van der Waals surface area contributed by atoms with Gasteiger partial charge in [-0.25, -0.2) is 0 Å². The summed E-state index contributed by atoms with van der Waals surface area (Å²) in [7, 11) is 1.64. The van der Waals surface area contributed by atoms with E-state index in [1.54, 1.807) is 13.2 Å². The van der Waals surface area contributed by atoms with E-state index in [4.69, 9.17) is 27.9 Å². The molecule has 0 unspecified atom stereocenters. The standard InChI is InChI=1S/C16H22Cl2N2O2.ClH/c1-22-11-16(3-6-19-7-4-16)15(21)20-5-2-12-8-13(17)10-14(18)9-12;/h8-10,19H,2-7,11H2,1H3,(H,20,21);1H. The summed E-state index contributed by atoms with van der Waals surface area (Å²) >= 11 is 12.0. The van der Waals surface area contributed by atoms with Crippen molar-refractivity contribution in [3.05, 3.63) is 33.8 Å². The number of ether oxygens (including phenoxy) is 1. The predicted octanol–water partition coefficient (Wildman–Crippen LogP) is 3.09. The fourth-order valence-corrected chi connectivity index (χ4v) is 3.45. The summed E-state index contributed by atoms with van der Waals surface area (Å²) < 4.78 is 5.28. The number of rotatable bonds is 6. The second kappa shape index (κ2) is 9.70. The maximum atomic E-state index is 12.6. The van der Waals surface area contributed by atoms with Gasteiger partial charge in [0.15, 0.2) is 0 Å². The van der Waals surface area contributed by atoms with Gasteiger partial charge in [0.1, 0.15) is 0 Å². The van der Waals surface area contributed by atoms with Gasteiger partial charge >= 0.3 is 0 Å². The Morgan fingerprint density at radius 1 is 1.26 bits per heavy atom. The van der Waals surface area contributed by atoms with Crippen LogP contribution in [0.1, 0.15) is 18.4 Å². The lowest BCUT2D eigenvalue weighted by Gasteiger charge is -2.35. The van der Waals surface area contributed by atoms with Crippen LogP contribution in [0.4, 0.5) is 0 Å². The normalized spacial score (nSPS) is 16.5. The lowest BCUT2D eigenvalue weighted by molar-refractivity contribution is -0.136. The summed E-state index contributed by atoms with van der Waals surface area (Å²) in [5.41, 5.74) is 0.607. The minimum absolute atomic E-state index is 0. The molecule has 2 rings (SSSR count). The number of carbonyl (C=O) groups excluding carboxylic acids is 1. The van der Waals surface area contributed by atoms with Crippen LogP contribution in [-0.2, 0) is 16.0 Å². The molecule has 1 aromatic rings. The van der Waals surface area contributed by atoms with Crippen LogP contribution in [0.3, 0.4) is 0 Å². The van der Waals surface area contributed by atoms with Crippen molar-refractivity contribution in [2.24, 2.45) is 5.41 Å². The minimum atomic E-state index is -0.411. The van der Waals surface area contributed by atoms with Gasteiger partial charge in [-0.05, 0) is 56.1 Å². The van der Waals surface area contributed by atoms with Crippen LogP contribution in [0.2, 0.25) is 10.0 Å². The number of nitrogens with one attached hydrogen (secondary N) is 2. The second-order valence-corrected chi connectivity index (χ2v) is 6.62. The number of halogens is 3. The number of amides is 1. The molecule has 1 fully saturated rings. The third-order valence-electron chi connectivity index (χ3n) is 4.08. The predicted molar refractivity (Wildman–Crippen MR) is 96.8 cm³/mol. The maximum absolute atomic E-state index is 12.6. The highest BCUT2D eigenvalue weighted by Gasteiger charge is 2.39. The molecule has 23 heavy (non-hydrogen) atoms. The summed E-state index contributed by atoms with van der Waals surface area (Å²) in [4.78, 5) is 12.6. The Hall–Kier alpha value is -0.520. The summed E-state index contributed by atoms with van der Waals surface area (Å²) in [5.74, 6) is 0.0731. The minimum Gasteiger partial charge on any atom is -0.384 e. The molecule has 1 saturated heterocycles. The monoisotopic (exact) mass is 380 g/mol. The fourth-order valence-electron chi connectivity index (χ4n) is 2.88. The van der Waals surface area contributed by atoms with Crippen LogP contribution in [-0.4, -0.2) is 39.3 Å². The molecule has 1 heterocycles. The highest BCUT2D eigenvalue weighted by molar-refractivity contribution is 6.34. The van der Waals surface area contributed by atoms with E-state index >= 15 is 0 Å². The van der Waals surface area contributed by atoms with E-state index in [-0.39, 0.29) is 18.3 Å². The smallest absolute Gasteiger partial charge is 0.228 e. The lowest BCUT2D eigenvalue weighted by atomic mass is 9.78. The Bertz CT molecular complexity index is 494. The molecule has 0 aromatic heterocycles. The molecule has 0 radical (unpaired) electrons. The molecule has 7 heteroatoms. The van der Waals surface area contributed by atoms with Crippen molar-refractivity contribution in [2.75, 3.05) is 33.4 Å². The van der Waals surface area contributed by atoms with Crippen LogP contribution in [0.15, 0.2) is 18.2 Å². The average Bonchev–Trinajstić information content (AvgIpc) is 2.47. The van der Waals surface area contributed by atoms with Crippen LogP contribution in [0, 0.1) is 5.41 Å². The molecule has 2 N–H and O–H groups in total. The third-order valence-corrected chi connectivity index (χ3v) is 4.52. The molecule has 130 valence electrons. The molecule has 0 spiro atoms. The van der Waals surface area contributed by atoms with Gasteiger partial charge in [0.25, 0.3) is 0 Å². The van der Waals surface area contributed by atoms with Crippen LogP contribution in [0.5, 0.6) is 0 Å². The largest absolute Gasteiger partial charge is 0.384 e. The Labute approximate surface area is 153 Å². The SMILES string of the molecule is COCC1(C(=O)NCCc2cc(Cl)cc(Cl)c2)CCNCC1.Cl. The van der Waals surface area contributed by atoms with Gasteiger partial charge in [-0.2, -0.15) is 0 Å². The van der Waals surface area contributed by atoms with E-state index in [1.165, 1.54) is 0 Å². The number of methoxy groups -OCH3 is 1. The van der Waals surface area contributed by atoms with Crippen molar-refractivity contribution in [3.63, 3.8) is 0 Å². The number of hydrogen-bond donors (Lipinski definition) is 2. The number of benzene rings is 1. The number of piperidine rings is 1. The number of carbonyl (C=O) groups is 1. The van der Waals surface area contributed by atoms with Gasteiger partial charge in [0, 0.05) is 23.7 Å². The zero-order valence-electron chi connectivity index (χ0n) is 13.2. The van der Waals surface area contributed by atoms with Crippen LogP contribution in [0.25, 0.3) is 0 Å². The molecule has 0 atom stereocenters. The molecular weight excluding hydrogens is 359 g/mol. The first-order valence-electron chi connectivity index (χ1n) is 7.49. The van der Waals surface area contributed by atoms with E-state index in [0.717, 1.165) is 31.5 Å². The van der Waals surface area contributed by atoms with Crippen LogP contribution >= 0.6 is 35.6 Å². The Kier molecular flexibility index (Phi) is 8.65. The van der Waals surface area contributed by atoms with Crippen molar-refractivity contribution in [2.45, 2.75) is 19.3 Å². The van der Waals surface area contributed by atoms with Crippen LogP contribution < -0.4 is 10.6 Å². The van der Waals surface area contributed by atoms with E-state index in [2.05, 4.69) is 10.6 Å². The van der Waals surface area contributed by atoms with Crippen molar-refractivity contribution in [1.82, 2.24) is 10.6 Å². The van der Waals surface area contributed by atoms with E-state index < -0.39 is 5.41 Å². The average molecular weight is 382 g/mol. The fraction of sp³-hybridized carbons (Fsp3) is 0.562. The summed E-state index contributed by atoms with van der Waals surface area (Å²) in [6.45, 7) is 2.72. The van der Waals surface area contributed by atoms with Crippen molar-refractivity contribution < 1.29 is 9.53 Å². The van der Waals surface area contributed by atoms with Gasteiger partial charge < -0.3 is 15.4 Å². The van der Waals surface area contributed by atoms with E-state index in [0.29, 0.717) is 29.6 Å². The van der Waals surface area contributed by atoms with E-state index in [1.807, 2.05) is 12.1 Å². The van der Waals surface area contributed by atoms with E-state index in [9.17, 15) is 4.79 Å². The quantitative estimate of drug-likeness (QED) is 0.796. The van der Waals surface area contributed by atoms with Gasteiger partial charge in [0.05, 0.1) is 12.0 Å². The Balaban J connectivity index is 0.00000264. The van der Waals surface area contributed by atoms with Gasteiger partial charge in [0.2, 0.25) is 5.91 Å². The third kappa shape index (κ3) is 5.80. The molecule has 1 aliphatic heterocycles. The molecule has 0 saturated carbocycles. The first kappa shape index (κ1) is 20.5. The van der Waals surface area contributed by atoms with Gasteiger partial charge in [-0.3, -0.25) is 4.79 Å².